The van der Waals surface area contributed by atoms with Gasteiger partial charge in [0, 0.05) is 19.3 Å². The molecule has 0 spiro atoms. The van der Waals surface area contributed by atoms with Crippen LogP contribution in [0.5, 0.6) is 0 Å². The fourth-order valence-electron chi connectivity index (χ4n) is 2.04. The molecular formula is C11H16ClN3O. The number of aryl methyl sites for hydroxylation is 1. The van der Waals surface area contributed by atoms with Crippen LogP contribution < -0.4 is 5.32 Å². The molecule has 5 heteroatoms. The predicted octanol–water partition coefficient (Wildman–Crippen LogP) is 1.70. The molecule has 88 valence electrons. The van der Waals surface area contributed by atoms with Crippen LogP contribution in [0.25, 0.3) is 0 Å². The Morgan fingerprint density at radius 1 is 1.56 bits per heavy atom. The number of aromatic nitrogens is 2. The lowest BCUT2D eigenvalue weighted by atomic mass is 9.95. The molecule has 0 aliphatic heterocycles. The van der Waals surface area contributed by atoms with Crippen molar-refractivity contribution in [3.05, 3.63) is 18.0 Å². The maximum absolute atomic E-state index is 11.8. The first-order chi connectivity index (χ1) is 7.66. The van der Waals surface area contributed by atoms with Gasteiger partial charge < -0.3 is 5.32 Å². The predicted molar refractivity (Wildman–Crippen MR) is 62.6 cm³/mol. The maximum Gasteiger partial charge on any atom is 0.254 e. The smallest absolute Gasteiger partial charge is 0.254 e. The summed E-state index contributed by atoms with van der Waals surface area (Å²) in [5.74, 6) is -0.0781. The summed E-state index contributed by atoms with van der Waals surface area (Å²) < 4.78 is 1.62. The first-order valence-electron chi connectivity index (χ1n) is 5.60. The van der Waals surface area contributed by atoms with Crippen LogP contribution >= 0.6 is 11.6 Å². The van der Waals surface area contributed by atoms with Crippen molar-refractivity contribution in [2.45, 2.75) is 37.1 Å². The summed E-state index contributed by atoms with van der Waals surface area (Å²) in [6, 6.07) is 0.100. The summed E-state index contributed by atoms with van der Waals surface area (Å²) in [4.78, 5) is 11.8. The fourth-order valence-corrected chi connectivity index (χ4v) is 2.38. The maximum atomic E-state index is 11.8. The van der Waals surface area contributed by atoms with E-state index in [-0.39, 0.29) is 17.3 Å². The second-order valence-electron chi connectivity index (χ2n) is 4.28. The van der Waals surface area contributed by atoms with Crippen molar-refractivity contribution in [1.29, 1.82) is 0 Å². The minimum Gasteiger partial charge on any atom is -0.348 e. The third-order valence-corrected chi connectivity index (χ3v) is 3.49. The highest BCUT2D eigenvalue weighted by Gasteiger charge is 2.25. The molecule has 1 aromatic rings. The Balaban J connectivity index is 1.96. The van der Waals surface area contributed by atoms with Crippen molar-refractivity contribution < 1.29 is 4.79 Å². The number of amides is 1. The zero-order valence-electron chi connectivity index (χ0n) is 9.32. The minimum absolute atomic E-state index is 0.0642. The fraction of sp³-hybridized carbons (Fsp3) is 0.636. The van der Waals surface area contributed by atoms with Crippen LogP contribution in [0.4, 0.5) is 0 Å². The van der Waals surface area contributed by atoms with Crippen molar-refractivity contribution in [3.63, 3.8) is 0 Å². The molecular weight excluding hydrogens is 226 g/mol. The molecule has 4 nitrogen and oxygen atoms in total. The third-order valence-electron chi connectivity index (χ3n) is 2.97. The van der Waals surface area contributed by atoms with Crippen LogP contribution in [0.1, 0.15) is 36.0 Å². The Bertz CT molecular complexity index is 377. The number of hydrogen-bond donors (Lipinski definition) is 1. The van der Waals surface area contributed by atoms with E-state index in [2.05, 4.69) is 10.4 Å². The lowest BCUT2D eigenvalue weighted by Crippen LogP contribution is -2.42. The molecule has 1 amide bonds. The van der Waals surface area contributed by atoms with Crippen LogP contribution in [0, 0.1) is 0 Å². The van der Waals surface area contributed by atoms with Crippen molar-refractivity contribution in [2.75, 3.05) is 0 Å². The van der Waals surface area contributed by atoms with Gasteiger partial charge in [0.2, 0.25) is 0 Å². The topological polar surface area (TPSA) is 46.9 Å². The highest BCUT2D eigenvalue weighted by atomic mass is 35.5. The van der Waals surface area contributed by atoms with Gasteiger partial charge in [0.15, 0.2) is 0 Å². The number of alkyl halides is 1. The number of rotatable bonds is 2. The van der Waals surface area contributed by atoms with E-state index < -0.39 is 0 Å². The molecule has 1 saturated carbocycles. The van der Waals surface area contributed by atoms with Gasteiger partial charge in [-0.15, -0.1) is 11.6 Å². The average molecular weight is 242 g/mol. The van der Waals surface area contributed by atoms with E-state index in [1.54, 1.807) is 24.1 Å². The summed E-state index contributed by atoms with van der Waals surface area (Å²) in [6.45, 7) is 0. The molecule has 2 rings (SSSR count). The summed E-state index contributed by atoms with van der Waals surface area (Å²) in [5, 5.41) is 7.01. The average Bonchev–Trinajstić information content (AvgIpc) is 2.68. The highest BCUT2D eigenvalue weighted by Crippen LogP contribution is 2.23. The van der Waals surface area contributed by atoms with Gasteiger partial charge in [0.1, 0.15) is 0 Å². The molecule has 0 saturated heterocycles. The van der Waals surface area contributed by atoms with E-state index in [1.165, 1.54) is 0 Å². The van der Waals surface area contributed by atoms with Gasteiger partial charge in [-0.1, -0.05) is 12.8 Å². The molecule has 2 unspecified atom stereocenters. The standard InChI is InChI=1S/C11H16ClN3O/c1-15-7-8(6-13-15)11(16)14-10-5-3-2-4-9(10)12/h6-7,9-10H,2-5H2,1H3,(H,14,16). The van der Waals surface area contributed by atoms with Crippen LogP contribution in [0.2, 0.25) is 0 Å². The van der Waals surface area contributed by atoms with E-state index in [4.69, 9.17) is 11.6 Å². The quantitative estimate of drug-likeness (QED) is 0.802. The number of nitrogens with zero attached hydrogens (tertiary/aromatic N) is 2. The molecule has 1 N–H and O–H groups in total. The van der Waals surface area contributed by atoms with Gasteiger partial charge in [0.05, 0.1) is 17.1 Å². The van der Waals surface area contributed by atoms with Gasteiger partial charge in [-0.3, -0.25) is 9.48 Å². The van der Waals surface area contributed by atoms with Gasteiger partial charge in [-0.05, 0) is 12.8 Å². The molecule has 1 heterocycles. The van der Waals surface area contributed by atoms with Crippen molar-refractivity contribution in [2.24, 2.45) is 7.05 Å². The molecule has 0 bridgehead atoms. The third kappa shape index (κ3) is 2.55. The lowest BCUT2D eigenvalue weighted by molar-refractivity contribution is 0.0928. The van der Waals surface area contributed by atoms with Crippen molar-refractivity contribution >= 4 is 17.5 Å². The number of carbonyl (C=O) groups is 1. The number of carbonyl (C=O) groups excluding carboxylic acids is 1. The number of halogens is 1. The second kappa shape index (κ2) is 4.87. The molecule has 0 aromatic carbocycles. The van der Waals surface area contributed by atoms with E-state index in [9.17, 15) is 4.79 Å². The van der Waals surface area contributed by atoms with E-state index in [0.717, 1.165) is 25.7 Å². The van der Waals surface area contributed by atoms with E-state index in [1.807, 2.05) is 0 Å². The Hall–Kier alpha value is -1.03. The largest absolute Gasteiger partial charge is 0.348 e. The van der Waals surface area contributed by atoms with E-state index in [0.29, 0.717) is 5.56 Å². The lowest BCUT2D eigenvalue weighted by Gasteiger charge is -2.27. The zero-order chi connectivity index (χ0) is 11.5. The Morgan fingerprint density at radius 2 is 2.31 bits per heavy atom. The molecule has 16 heavy (non-hydrogen) atoms. The second-order valence-corrected chi connectivity index (χ2v) is 4.84. The Labute approximate surface area is 100.0 Å². The molecule has 1 aliphatic rings. The first kappa shape index (κ1) is 11.5. The highest BCUT2D eigenvalue weighted by molar-refractivity contribution is 6.21. The molecule has 0 radical (unpaired) electrons. The monoisotopic (exact) mass is 241 g/mol. The van der Waals surface area contributed by atoms with Gasteiger partial charge >= 0.3 is 0 Å². The molecule has 1 aromatic heterocycles. The van der Waals surface area contributed by atoms with Crippen LogP contribution in [0.3, 0.4) is 0 Å². The van der Waals surface area contributed by atoms with Crippen LogP contribution in [-0.4, -0.2) is 27.1 Å². The Kier molecular flexibility index (Phi) is 3.49. The zero-order valence-corrected chi connectivity index (χ0v) is 10.1. The first-order valence-corrected chi connectivity index (χ1v) is 6.04. The van der Waals surface area contributed by atoms with Gasteiger partial charge in [-0.25, -0.2) is 0 Å². The molecule has 1 fully saturated rings. The minimum atomic E-state index is -0.0781. The van der Waals surface area contributed by atoms with Crippen LogP contribution in [-0.2, 0) is 7.05 Å². The van der Waals surface area contributed by atoms with Crippen LogP contribution in [0.15, 0.2) is 12.4 Å². The summed E-state index contributed by atoms with van der Waals surface area (Å²) in [6.07, 6.45) is 7.54. The molecule has 2 atom stereocenters. The summed E-state index contributed by atoms with van der Waals surface area (Å²) >= 11 is 6.18. The van der Waals surface area contributed by atoms with Crippen molar-refractivity contribution in [1.82, 2.24) is 15.1 Å². The van der Waals surface area contributed by atoms with Gasteiger partial charge in [0.25, 0.3) is 5.91 Å². The summed E-state index contributed by atoms with van der Waals surface area (Å²) in [5.41, 5.74) is 0.594. The Morgan fingerprint density at radius 3 is 2.94 bits per heavy atom. The normalized spacial score (nSPS) is 25.4. The van der Waals surface area contributed by atoms with Gasteiger partial charge in [-0.2, -0.15) is 5.10 Å². The summed E-state index contributed by atoms with van der Waals surface area (Å²) in [7, 11) is 1.79. The van der Waals surface area contributed by atoms with Crippen molar-refractivity contribution in [3.8, 4) is 0 Å². The SMILES string of the molecule is Cn1cc(C(=O)NC2CCCCC2Cl)cn1. The number of hydrogen-bond acceptors (Lipinski definition) is 2. The number of nitrogens with one attached hydrogen (secondary N) is 1. The van der Waals surface area contributed by atoms with E-state index >= 15 is 0 Å². The molecule has 1 aliphatic carbocycles.